The molecule has 1 N–H and O–H groups in total. The van der Waals surface area contributed by atoms with E-state index in [0.29, 0.717) is 25.3 Å². The predicted octanol–water partition coefficient (Wildman–Crippen LogP) is 3.88. The number of carbonyl (C=O) groups is 1. The largest absolute Gasteiger partial charge is 0.493 e. The molecule has 0 spiro atoms. The fraction of sp³-hybridized carbons (Fsp3) is 0.316. The fourth-order valence-electron chi connectivity index (χ4n) is 2.24. The third-order valence-electron chi connectivity index (χ3n) is 3.42. The Morgan fingerprint density at radius 3 is 2.38 bits per heavy atom. The van der Waals surface area contributed by atoms with Gasteiger partial charge in [0.2, 0.25) is 0 Å². The van der Waals surface area contributed by atoms with Crippen LogP contribution in [0.4, 0.5) is 5.69 Å². The minimum absolute atomic E-state index is 0.305. The van der Waals surface area contributed by atoms with E-state index in [1.807, 2.05) is 37.3 Å². The molecule has 0 radical (unpaired) electrons. The van der Waals surface area contributed by atoms with Crippen molar-refractivity contribution in [2.75, 3.05) is 25.6 Å². The van der Waals surface area contributed by atoms with Crippen LogP contribution in [0.2, 0.25) is 0 Å². The average molecular weight is 329 g/mol. The lowest BCUT2D eigenvalue weighted by molar-refractivity contribution is 0.0526. The molecule has 0 unspecified atom stereocenters. The molecule has 0 aromatic heterocycles. The van der Waals surface area contributed by atoms with E-state index < -0.39 is 0 Å². The summed E-state index contributed by atoms with van der Waals surface area (Å²) in [5.74, 6) is 1.15. The first-order valence-electron chi connectivity index (χ1n) is 7.98. The van der Waals surface area contributed by atoms with Gasteiger partial charge in [-0.25, -0.2) is 4.79 Å². The molecule has 128 valence electrons. The number of esters is 1. The van der Waals surface area contributed by atoms with Crippen molar-refractivity contribution in [3.63, 3.8) is 0 Å². The van der Waals surface area contributed by atoms with E-state index in [1.54, 1.807) is 26.2 Å². The Hall–Kier alpha value is -2.69. The van der Waals surface area contributed by atoms with Crippen molar-refractivity contribution in [2.45, 2.75) is 20.4 Å². The molecule has 24 heavy (non-hydrogen) atoms. The molecular weight excluding hydrogens is 306 g/mol. The second kappa shape index (κ2) is 8.82. The molecule has 0 aliphatic carbocycles. The molecule has 2 rings (SSSR count). The molecule has 5 nitrogen and oxygen atoms in total. The summed E-state index contributed by atoms with van der Waals surface area (Å²) in [5, 5.41) is 3.32. The highest BCUT2D eigenvalue weighted by Crippen LogP contribution is 2.28. The van der Waals surface area contributed by atoms with Crippen LogP contribution in [0.15, 0.2) is 42.5 Å². The first-order valence-corrected chi connectivity index (χ1v) is 7.98. The lowest BCUT2D eigenvalue weighted by Gasteiger charge is -2.12. The number of hydrogen-bond donors (Lipinski definition) is 1. The molecule has 0 aliphatic rings. The van der Waals surface area contributed by atoms with E-state index in [2.05, 4.69) is 5.32 Å². The molecule has 2 aromatic carbocycles. The van der Waals surface area contributed by atoms with Gasteiger partial charge in [-0.3, -0.25) is 0 Å². The van der Waals surface area contributed by atoms with Crippen LogP contribution in [0.3, 0.4) is 0 Å². The van der Waals surface area contributed by atoms with Crippen molar-refractivity contribution >= 4 is 11.7 Å². The van der Waals surface area contributed by atoms with Crippen LogP contribution in [0.25, 0.3) is 0 Å². The Morgan fingerprint density at radius 2 is 1.75 bits per heavy atom. The molecule has 0 atom stereocenters. The third-order valence-corrected chi connectivity index (χ3v) is 3.42. The second-order valence-electron chi connectivity index (χ2n) is 5.07. The summed E-state index contributed by atoms with van der Waals surface area (Å²) in [6.45, 7) is 5.33. The van der Waals surface area contributed by atoms with E-state index in [0.717, 1.165) is 22.7 Å². The summed E-state index contributed by atoms with van der Waals surface area (Å²) in [5.41, 5.74) is 2.55. The third kappa shape index (κ3) is 4.65. The van der Waals surface area contributed by atoms with E-state index in [4.69, 9.17) is 14.2 Å². The molecule has 2 aromatic rings. The number of nitrogens with one attached hydrogen (secondary N) is 1. The molecule has 0 heterocycles. The zero-order chi connectivity index (χ0) is 17.4. The fourth-order valence-corrected chi connectivity index (χ4v) is 2.24. The lowest BCUT2D eigenvalue weighted by atomic mass is 10.1. The van der Waals surface area contributed by atoms with Crippen molar-refractivity contribution in [1.82, 2.24) is 0 Å². The summed E-state index contributed by atoms with van der Waals surface area (Å²) in [6, 6.07) is 13.1. The Kier molecular flexibility index (Phi) is 6.49. The SMILES string of the molecule is CCOC(=O)c1ccc(NCc2ccc(OC)c(OCC)c2)cc1. The van der Waals surface area contributed by atoms with Gasteiger partial charge in [0, 0.05) is 12.2 Å². The first kappa shape index (κ1) is 17.7. The number of carbonyl (C=O) groups excluding carboxylic acids is 1. The molecule has 0 fully saturated rings. The molecule has 0 bridgehead atoms. The second-order valence-corrected chi connectivity index (χ2v) is 5.07. The Bertz CT molecular complexity index is 668. The highest BCUT2D eigenvalue weighted by molar-refractivity contribution is 5.89. The van der Waals surface area contributed by atoms with Crippen LogP contribution < -0.4 is 14.8 Å². The molecule has 0 saturated heterocycles. The van der Waals surface area contributed by atoms with Gasteiger partial charge in [0.25, 0.3) is 0 Å². The highest BCUT2D eigenvalue weighted by atomic mass is 16.5. The van der Waals surface area contributed by atoms with Gasteiger partial charge in [-0.05, 0) is 55.8 Å². The molecule has 5 heteroatoms. The molecular formula is C19H23NO4. The van der Waals surface area contributed by atoms with E-state index in [9.17, 15) is 4.79 Å². The Labute approximate surface area is 142 Å². The molecule has 0 amide bonds. The van der Waals surface area contributed by atoms with Crippen LogP contribution in [-0.2, 0) is 11.3 Å². The maximum absolute atomic E-state index is 11.6. The van der Waals surface area contributed by atoms with E-state index in [1.165, 1.54) is 0 Å². The van der Waals surface area contributed by atoms with Gasteiger partial charge in [0.1, 0.15) is 0 Å². The van der Waals surface area contributed by atoms with Gasteiger partial charge in [-0.15, -0.1) is 0 Å². The predicted molar refractivity (Wildman–Crippen MR) is 93.9 cm³/mol. The average Bonchev–Trinajstić information content (AvgIpc) is 2.61. The summed E-state index contributed by atoms with van der Waals surface area (Å²) >= 11 is 0. The minimum Gasteiger partial charge on any atom is -0.493 e. The molecule has 0 saturated carbocycles. The summed E-state index contributed by atoms with van der Waals surface area (Å²) < 4.78 is 15.8. The summed E-state index contributed by atoms with van der Waals surface area (Å²) in [7, 11) is 1.63. The van der Waals surface area contributed by atoms with Crippen LogP contribution in [0, 0.1) is 0 Å². The van der Waals surface area contributed by atoms with Crippen molar-refractivity contribution in [2.24, 2.45) is 0 Å². The van der Waals surface area contributed by atoms with Crippen LogP contribution >= 0.6 is 0 Å². The zero-order valence-electron chi connectivity index (χ0n) is 14.3. The van der Waals surface area contributed by atoms with Gasteiger partial charge in [-0.2, -0.15) is 0 Å². The monoisotopic (exact) mass is 329 g/mol. The minimum atomic E-state index is -0.305. The molecule has 0 aliphatic heterocycles. The maximum atomic E-state index is 11.6. The van der Waals surface area contributed by atoms with Gasteiger partial charge in [0.05, 0.1) is 25.9 Å². The van der Waals surface area contributed by atoms with Gasteiger partial charge < -0.3 is 19.5 Å². The van der Waals surface area contributed by atoms with Gasteiger partial charge in [0.15, 0.2) is 11.5 Å². The number of benzene rings is 2. The van der Waals surface area contributed by atoms with Gasteiger partial charge in [-0.1, -0.05) is 6.07 Å². The van der Waals surface area contributed by atoms with Gasteiger partial charge >= 0.3 is 5.97 Å². The highest BCUT2D eigenvalue weighted by Gasteiger charge is 2.07. The summed E-state index contributed by atoms with van der Waals surface area (Å²) in [4.78, 5) is 11.6. The van der Waals surface area contributed by atoms with Crippen molar-refractivity contribution in [1.29, 1.82) is 0 Å². The smallest absolute Gasteiger partial charge is 0.338 e. The van der Waals surface area contributed by atoms with Crippen LogP contribution in [-0.4, -0.2) is 26.3 Å². The number of methoxy groups -OCH3 is 1. The number of anilines is 1. The number of ether oxygens (including phenoxy) is 3. The van der Waals surface area contributed by atoms with Crippen molar-refractivity contribution < 1.29 is 19.0 Å². The Balaban J connectivity index is 2.00. The normalized spacial score (nSPS) is 10.1. The van der Waals surface area contributed by atoms with Crippen LogP contribution in [0.5, 0.6) is 11.5 Å². The zero-order valence-corrected chi connectivity index (χ0v) is 14.3. The standard InChI is InChI=1S/C19H23NO4/c1-4-23-18-12-14(6-11-17(18)22-3)13-20-16-9-7-15(8-10-16)19(21)24-5-2/h6-12,20H,4-5,13H2,1-3H3. The first-order chi connectivity index (χ1) is 11.7. The number of rotatable bonds is 8. The van der Waals surface area contributed by atoms with E-state index >= 15 is 0 Å². The van der Waals surface area contributed by atoms with Crippen molar-refractivity contribution in [3.05, 3.63) is 53.6 Å². The quantitative estimate of drug-likeness (QED) is 0.745. The topological polar surface area (TPSA) is 56.8 Å². The van der Waals surface area contributed by atoms with Crippen LogP contribution in [0.1, 0.15) is 29.8 Å². The maximum Gasteiger partial charge on any atom is 0.338 e. The van der Waals surface area contributed by atoms with Crippen molar-refractivity contribution in [3.8, 4) is 11.5 Å². The number of hydrogen-bond acceptors (Lipinski definition) is 5. The van der Waals surface area contributed by atoms with E-state index in [-0.39, 0.29) is 5.97 Å². The Morgan fingerprint density at radius 1 is 1.00 bits per heavy atom. The summed E-state index contributed by atoms with van der Waals surface area (Å²) in [6.07, 6.45) is 0. The lowest BCUT2D eigenvalue weighted by Crippen LogP contribution is -2.05.